The highest BCUT2D eigenvalue weighted by Crippen LogP contribution is 2.50. The summed E-state index contributed by atoms with van der Waals surface area (Å²) in [5, 5.41) is 2.68. The molecular formula is C38H43N6O8P. The van der Waals surface area contributed by atoms with Crippen molar-refractivity contribution in [2.75, 3.05) is 46.3 Å². The van der Waals surface area contributed by atoms with Crippen LogP contribution in [-0.2, 0) is 28.9 Å². The number of carbonyl (C=O) groups is 1. The van der Waals surface area contributed by atoms with Crippen molar-refractivity contribution in [2.45, 2.75) is 44.3 Å². The first-order valence-corrected chi connectivity index (χ1v) is 18.6. The summed E-state index contributed by atoms with van der Waals surface area (Å²) in [5.74, 6) is 0.880. The van der Waals surface area contributed by atoms with Crippen LogP contribution in [0, 0.1) is 5.92 Å². The molecule has 2 N–H and O–H groups in total. The molecule has 53 heavy (non-hydrogen) atoms. The average molecular weight is 743 g/mol. The number of H-pyrrole nitrogens is 1. The molecule has 5 aromatic rings. The highest BCUT2D eigenvalue weighted by molar-refractivity contribution is 7.44. The number of rotatable bonds is 13. The molecule has 0 radical (unpaired) electrons. The van der Waals surface area contributed by atoms with Gasteiger partial charge in [0, 0.05) is 18.9 Å². The highest BCUT2D eigenvalue weighted by Gasteiger charge is 2.45. The molecule has 1 unspecified atom stereocenters. The van der Waals surface area contributed by atoms with E-state index >= 15 is 0 Å². The minimum Gasteiger partial charge on any atom is -0.497 e. The van der Waals surface area contributed by atoms with E-state index in [2.05, 4.69) is 24.9 Å². The van der Waals surface area contributed by atoms with Crippen molar-refractivity contribution in [3.63, 3.8) is 0 Å². The van der Waals surface area contributed by atoms with Gasteiger partial charge in [0.2, 0.25) is 11.9 Å². The summed E-state index contributed by atoms with van der Waals surface area (Å²) in [5.41, 5.74) is 1.50. The van der Waals surface area contributed by atoms with E-state index in [1.807, 2.05) is 85.9 Å². The molecular weight excluding hydrogens is 699 g/mol. The van der Waals surface area contributed by atoms with Crippen molar-refractivity contribution < 1.29 is 32.8 Å². The Bertz CT molecular complexity index is 2030. The molecule has 278 valence electrons. The predicted molar refractivity (Wildman–Crippen MR) is 199 cm³/mol. The number of fused-ring (bicyclic) bond motifs is 1. The minimum atomic E-state index is -1.34. The zero-order valence-electron chi connectivity index (χ0n) is 30.2. The minimum absolute atomic E-state index is 0.0321. The molecule has 14 nitrogen and oxygen atoms in total. The quantitative estimate of drug-likeness (QED) is 0.115. The summed E-state index contributed by atoms with van der Waals surface area (Å²) in [6.07, 6.45) is 0.239. The Balaban J connectivity index is 1.27. The molecule has 2 fully saturated rings. The van der Waals surface area contributed by atoms with Crippen LogP contribution in [0.2, 0.25) is 0 Å². The van der Waals surface area contributed by atoms with Gasteiger partial charge in [-0.2, -0.15) is 4.98 Å². The monoisotopic (exact) mass is 742 g/mol. The van der Waals surface area contributed by atoms with Crippen LogP contribution in [-0.4, -0.2) is 83.3 Å². The van der Waals surface area contributed by atoms with E-state index in [1.54, 1.807) is 32.6 Å². The SMILES string of the molecule is COc1ccc(C(OC[C@H]2O[C@@H](n3cnc4c(=O)[nH]c(NC(=O)C(C)C)nc43)C[C@@H]2OP2OCCN2C)(c2ccccc2)c2ccc(OC)cc2)cc1. The molecule has 4 heterocycles. The second kappa shape index (κ2) is 15.7. The largest absolute Gasteiger partial charge is 0.497 e. The molecule has 4 atom stereocenters. The van der Waals surface area contributed by atoms with Crippen LogP contribution in [0.3, 0.4) is 0 Å². The lowest BCUT2D eigenvalue weighted by Crippen LogP contribution is -2.38. The van der Waals surface area contributed by atoms with Gasteiger partial charge < -0.3 is 28.0 Å². The molecule has 2 aromatic heterocycles. The van der Waals surface area contributed by atoms with Crippen LogP contribution in [0.1, 0.15) is 43.2 Å². The number of likely N-dealkylation sites (N-methyl/N-ethyl adjacent to an activating group) is 1. The highest BCUT2D eigenvalue weighted by atomic mass is 31.2. The van der Waals surface area contributed by atoms with Crippen molar-refractivity contribution in [2.24, 2.45) is 5.92 Å². The van der Waals surface area contributed by atoms with E-state index in [0.29, 0.717) is 13.0 Å². The molecule has 0 saturated carbocycles. The molecule has 2 saturated heterocycles. The molecule has 3 aromatic carbocycles. The fourth-order valence-corrected chi connectivity index (χ4v) is 7.88. The second-order valence-corrected chi connectivity index (χ2v) is 14.8. The van der Waals surface area contributed by atoms with Crippen LogP contribution in [0.5, 0.6) is 11.5 Å². The lowest BCUT2D eigenvalue weighted by Gasteiger charge is -2.37. The average Bonchev–Trinajstić information content (AvgIpc) is 3.91. The number of nitrogens with one attached hydrogen (secondary N) is 2. The summed E-state index contributed by atoms with van der Waals surface area (Å²) >= 11 is 0. The van der Waals surface area contributed by atoms with Gasteiger partial charge in [-0.3, -0.25) is 24.5 Å². The fourth-order valence-electron chi connectivity index (χ4n) is 6.53. The molecule has 15 heteroatoms. The van der Waals surface area contributed by atoms with E-state index in [4.69, 9.17) is 28.0 Å². The van der Waals surface area contributed by atoms with Gasteiger partial charge in [-0.15, -0.1) is 0 Å². The molecule has 1 amide bonds. The first kappa shape index (κ1) is 36.7. The maximum absolute atomic E-state index is 13.0. The van der Waals surface area contributed by atoms with Crippen LogP contribution < -0.4 is 20.3 Å². The normalized spacial score (nSPS) is 20.6. The summed E-state index contributed by atoms with van der Waals surface area (Å²) in [6, 6.07) is 25.7. The molecule has 7 rings (SSSR count). The molecule has 2 aliphatic heterocycles. The smallest absolute Gasteiger partial charge is 0.280 e. The summed E-state index contributed by atoms with van der Waals surface area (Å²) in [6.45, 7) is 4.94. The third-order valence-electron chi connectivity index (χ3n) is 9.45. The summed E-state index contributed by atoms with van der Waals surface area (Å²) in [7, 11) is 3.91. The van der Waals surface area contributed by atoms with Crippen molar-refractivity contribution in [3.8, 4) is 11.5 Å². The predicted octanol–water partition coefficient (Wildman–Crippen LogP) is 5.60. The lowest BCUT2D eigenvalue weighted by molar-refractivity contribution is -0.118. The van der Waals surface area contributed by atoms with Crippen LogP contribution in [0.4, 0.5) is 5.95 Å². The first-order chi connectivity index (χ1) is 25.7. The Morgan fingerprint density at radius 1 is 1.00 bits per heavy atom. The van der Waals surface area contributed by atoms with E-state index in [9.17, 15) is 9.59 Å². The number of aromatic amines is 1. The van der Waals surface area contributed by atoms with Gasteiger partial charge in [0.25, 0.3) is 14.1 Å². The van der Waals surface area contributed by atoms with Gasteiger partial charge in [0.15, 0.2) is 11.2 Å². The Kier molecular flexibility index (Phi) is 10.9. The molecule has 2 aliphatic rings. The molecule has 0 aliphatic carbocycles. The first-order valence-electron chi connectivity index (χ1n) is 17.4. The topological polar surface area (TPSA) is 151 Å². The van der Waals surface area contributed by atoms with E-state index < -0.39 is 38.1 Å². The number of carbonyl (C=O) groups excluding carboxylic acids is 1. The van der Waals surface area contributed by atoms with E-state index in [-0.39, 0.29) is 35.5 Å². The van der Waals surface area contributed by atoms with Gasteiger partial charge in [0.1, 0.15) is 29.4 Å². The van der Waals surface area contributed by atoms with Crippen LogP contribution in [0.25, 0.3) is 11.2 Å². The van der Waals surface area contributed by atoms with Crippen LogP contribution in [0.15, 0.2) is 90.0 Å². The van der Waals surface area contributed by atoms with Gasteiger partial charge >= 0.3 is 0 Å². The third kappa shape index (κ3) is 7.43. The zero-order chi connectivity index (χ0) is 37.1. The second-order valence-electron chi connectivity index (χ2n) is 13.2. The van der Waals surface area contributed by atoms with Crippen molar-refractivity contribution in [3.05, 3.63) is 112 Å². The number of anilines is 1. The number of hydrogen-bond acceptors (Lipinski definition) is 11. The van der Waals surface area contributed by atoms with E-state index in [1.165, 1.54) is 6.33 Å². The maximum atomic E-state index is 13.0. The molecule has 0 spiro atoms. The van der Waals surface area contributed by atoms with Gasteiger partial charge in [0.05, 0.1) is 39.9 Å². The van der Waals surface area contributed by atoms with Gasteiger partial charge in [-0.25, -0.2) is 9.65 Å². The Hall–Kier alpha value is -4.69. The van der Waals surface area contributed by atoms with E-state index in [0.717, 1.165) is 34.7 Å². The summed E-state index contributed by atoms with van der Waals surface area (Å²) < 4.78 is 41.4. The maximum Gasteiger partial charge on any atom is 0.280 e. The number of ether oxygens (including phenoxy) is 4. The Morgan fingerprint density at radius 3 is 2.23 bits per heavy atom. The number of nitrogens with zero attached hydrogens (tertiary/aromatic N) is 4. The number of benzene rings is 3. The van der Waals surface area contributed by atoms with Crippen LogP contribution >= 0.6 is 8.53 Å². The van der Waals surface area contributed by atoms with Gasteiger partial charge in [-0.05, 0) is 48.0 Å². The lowest BCUT2D eigenvalue weighted by atomic mass is 9.80. The third-order valence-corrected chi connectivity index (χ3v) is 11.1. The standard InChI is InChI=1S/C38H43N6O8P/c1-24(2)35(45)41-37-40-34-33(36(46)42-37)39-23-44(34)32-21-30(52-53-43(3)19-20-50-53)31(51-32)22-49-38(25-9-7-6-8-10-25,26-11-15-28(47-4)16-12-26)27-13-17-29(48-5)18-14-27/h6-18,23-24,30-32H,19-22H2,1-5H3,(H2,40,41,42,45,46)/t30-,31+,32+,53?/m0/s1. The number of aromatic nitrogens is 4. The van der Waals surface area contributed by atoms with Crippen molar-refractivity contribution >= 4 is 31.5 Å². The number of methoxy groups -OCH3 is 2. The Morgan fingerprint density at radius 2 is 1.64 bits per heavy atom. The number of imidazole rings is 1. The number of hydrogen-bond donors (Lipinski definition) is 2. The summed E-state index contributed by atoms with van der Waals surface area (Å²) in [4.78, 5) is 37.0. The fraction of sp³-hybridized carbons (Fsp3) is 0.368. The number of amides is 1. The van der Waals surface area contributed by atoms with Crippen molar-refractivity contribution in [1.82, 2.24) is 24.2 Å². The van der Waals surface area contributed by atoms with Gasteiger partial charge in [-0.1, -0.05) is 68.4 Å². The zero-order valence-corrected chi connectivity index (χ0v) is 31.1. The Labute approximate surface area is 308 Å². The molecule has 0 bridgehead atoms. The van der Waals surface area contributed by atoms with Crippen molar-refractivity contribution in [1.29, 1.82) is 0 Å².